The van der Waals surface area contributed by atoms with Gasteiger partial charge in [-0.15, -0.1) is 0 Å². The number of rotatable bonds is 25. The molecule has 6 nitrogen and oxygen atoms in total. The normalized spacial score (nSPS) is 11.1. The predicted octanol–water partition coefficient (Wildman–Crippen LogP) is 11.0. The van der Waals surface area contributed by atoms with Crippen molar-refractivity contribution >= 4 is 17.9 Å². The van der Waals surface area contributed by atoms with Gasteiger partial charge in [0.1, 0.15) is 5.75 Å². The summed E-state index contributed by atoms with van der Waals surface area (Å²) < 4.78 is 5.98. The second-order valence-corrected chi connectivity index (χ2v) is 12.5. The molecule has 2 rings (SSSR count). The number of aromatic carboxylic acids is 2. The van der Waals surface area contributed by atoms with Crippen LogP contribution in [0.25, 0.3) is 0 Å². The van der Waals surface area contributed by atoms with Crippen LogP contribution in [0.4, 0.5) is 0 Å². The number of esters is 1. The molecule has 250 valence electrons. The van der Waals surface area contributed by atoms with E-state index in [1.807, 2.05) is 6.07 Å². The summed E-state index contributed by atoms with van der Waals surface area (Å²) in [5.41, 5.74) is 3.00. The number of carboxylic acid groups (broad SMARTS) is 2. The number of carbonyl (C=O) groups is 3. The zero-order chi connectivity index (χ0) is 32.9. The highest BCUT2D eigenvalue weighted by atomic mass is 16.5. The van der Waals surface area contributed by atoms with Gasteiger partial charge in [-0.25, -0.2) is 14.4 Å². The zero-order valence-corrected chi connectivity index (χ0v) is 28.3. The van der Waals surface area contributed by atoms with Gasteiger partial charge >= 0.3 is 17.9 Å². The number of aryl methyl sites for hydroxylation is 1. The molecule has 0 radical (unpaired) electrons. The molecule has 6 heteroatoms. The maximum Gasteiger partial charge on any atom is 0.344 e. The van der Waals surface area contributed by atoms with E-state index in [-0.39, 0.29) is 16.7 Å². The Bertz CT molecular complexity index is 1180. The molecule has 2 aromatic carbocycles. The molecule has 0 saturated carbocycles. The summed E-state index contributed by atoms with van der Waals surface area (Å²) >= 11 is 0. The number of hydrogen-bond acceptors (Lipinski definition) is 4. The lowest BCUT2D eigenvalue weighted by molar-refractivity contribution is 0.0662. The zero-order valence-electron chi connectivity index (χ0n) is 28.3. The van der Waals surface area contributed by atoms with Gasteiger partial charge in [0.05, 0.1) is 16.7 Å². The largest absolute Gasteiger partial charge is 0.478 e. The first-order chi connectivity index (χ1) is 21.8. The van der Waals surface area contributed by atoms with Gasteiger partial charge in [0.25, 0.3) is 0 Å². The molecule has 0 amide bonds. The topological polar surface area (TPSA) is 101 Å². The van der Waals surface area contributed by atoms with Crippen LogP contribution in [0.1, 0.15) is 184 Å². The van der Waals surface area contributed by atoms with Gasteiger partial charge in [-0.1, -0.05) is 123 Å². The van der Waals surface area contributed by atoms with Crippen LogP contribution in [0.5, 0.6) is 5.75 Å². The third-order valence-corrected chi connectivity index (χ3v) is 8.77. The second-order valence-electron chi connectivity index (χ2n) is 12.5. The van der Waals surface area contributed by atoms with E-state index < -0.39 is 17.9 Å². The minimum Gasteiger partial charge on any atom is -0.478 e. The molecule has 0 aliphatic rings. The summed E-state index contributed by atoms with van der Waals surface area (Å²) in [5, 5.41) is 19.2. The third kappa shape index (κ3) is 13.8. The Morgan fingerprint density at radius 3 is 1.53 bits per heavy atom. The van der Waals surface area contributed by atoms with Crippen molar-refractivity contribution in [3.8, 4) is 5.75 Å². The monoisotopic (exact) mass is 622 g/mol. The van der Waals surface area contributed by atoms with E-state index in [1.165, 1.54) is 107 Å². The number of hydrogen-bond donors (Lipinski definition) is 2. The van der Waals surface area contributed by atoms with Crippen molar-refractivity contribution in [3.05, 3.63) is 63.7 Å². The van der Waals surface area contributed by atoms with Crippen molar-refractivity contribution in [3.63, 3.8) is 0 Å². The Labute approximate surface area is 272 Å². The summed E-state index contributed by atoms with van der Waals surface area (Å²) in [4.78, 5) is 37.0. The Hall–Kier alpha value is -3.15. The minimum absolute atomic E-state index is 0.155. The third-order valence-electron chi connectivity index (χ3n) is 8.77. The molecule has 0 bridgehead atoms. The molecule has 0 heterocycles. The summed E-state index contributed by atoms with van der Waals surface area (Å²) in [6.45, 7) is 6.68. The lowest BCUT2D eigenvalue weighted by Crippen LogP contribution is -2.17. The number of benzene rings is 2. The summed E-state index contributed by atoms with van der Waals surface area (Å²) in [5.74, 6) is -2.90. The molecule has 2 N–H and O–H groups in total. The van der Waals surface area contributed by atoms with E-state index in [2.05, 4.69) is 26.8 Å². The molecule has 0 aromatic heterocycles. The highest BCUT2D eigenvalue weighted by molar-refractivity contribution is 6.05. The maximum atomic E-state index is 13.5. The quantitative estimate of drug-likeness (QED) is 0.0649. The second kappa shape index (κ2) is 22.4. The van der Waals surface area contributed by atoms with E-state index in [4.69, 9.17) is 4.74 Å². The van der Waals surface area contributed by atoms with Crippen molar-refractivity contribution in [1.82, 2.24) is 0 Å². The SMILES string of the molecule is CCCCCCCCc1ccc(OC(=O)c2cc(C(=O)O)ccc2C(=O)O)c(CCCCCCCC)c1CCCCCCCC. The van der Waals surface area contributed by atoms with Gasteiger partial charge in [-0.05, 0) is 79.5 Å². The summed E-state index contributed by atoms with van der Waals surface area (Å²) in [6.07, 6.45) is 24.3. The molecule has 2 aromatic rings. The van der Waals surface area contributed by atoms with E-state index in [0.717, 1.165) is 62.6 Å². The average molecular weight is 623 g/mol. The Morgan fingerprint density at radius 2 is 1.02 bits per heavy atom. The molecule has 0 atom stereocenters. The number of carboxylic acids is 2. The van der Waals surface area contributed by atoms with Crippen LogP contribution in [0.15, 0.2) is 30.3 Å². The van der Waals surface area contributed by atoms with Crippen molar-refractivity contribution in [2.45, 2.75) is 156 Å². The fraction of sp³-hybridized carbons (Fsp3) is 0.615. The van der Waals surface area contributed by atoms with Crippen LogP contribution >= 0.6 is 0 Å². The lowest BCUT2D eigenvalue weighted by atomic mass is 9.89. The average Bonchev–Trinajstić information content (AvgIpc) is 3.03. The molecular formula is C39H58O6. The van der Waals surface area contributed by atoms with Crippen LogP contribution in [0, 0.1) is 0 Å². The molecule has 0 aliphatic carbocycles. The molecule has 0 spiro atoms. The molecule has 0 fully saturated rings. The standard InChI is InChI=1S/C39H58O6/c1-4-7-10-13-16-19-22-30-26-28-36(45-39(44)35-29-31(37(40)41)25-27-34(35)38(42)43)33(24-21-18-15-12-9-6-3)32(30)23-20-17-14-11-8-5-2/h25-29H,4-24H2,1-3H3,(H,40,41)(H,42,43). The first-order valence-corrected chi connectivity index (χ1v) is 17.8. The summed E-state index contributed by atoms with van der Waals surface area (Å²) in [6, 6.07) is 7.43. The highest BCUT2D eigenvalue weighted by Crippen LogP contribution is 2.32. The summed E-state index contributed by atoms with van der Waals surface area (Å²) in [7, 11) is 0. The highest BCUT2D eigenvalue weighted by Gasteiger charge is 2.23. The first-order valence-electron chi connectivity index (χ1n) is 17.8. The Balaban J connectivity index is 2.41. The van der Waals surface area contributed by atoms with Crippen LogP contribution in [0.3, 0.4) is 0 Å². The van der Waals surface area contributed by atoms with Crippen molar-refractivity contribution in [2.24, 2.45) is 0 Å². The Kier molecular flexibility index (Phi) is 18.9. The number of ether oxygens (including phenoxy) is 1. The van der Waals surface area contributed by atoms with Gasteiger partial charge in [0.15, 0.2) is 0 Å². The fourth-order valence-electron chi connectivity index (χ4n) is 6.08. The predicted molar refractivity (Wildman–Crippen MR) is 183 cm³/mol. The van der Waals surface area contributed by atoms with Crippen LogP contribution in [0.2, 0.25) is 0 Å². The molecular weight excluding hydrogens is 564 g/mol. The van der Waals surface area contributed by atoms with Gasteiger partial charge < -0.3 is 14.9 Å². The molecule has 0 saturated heterocycles. The van der Waals surface area contributed by atoms with Crippen LogP contribution in [-0.2, 0) is 19.3 Å². The minimum atomic E-state index is -1.30. The van der Waals surface area contributed by atoms with Crippen LogP contribution in [-0.4, -0.2) is 28.1 Å². The lowest BCUT2D eigenvalue weighted by Gasteiger charge is -2.20. The fourth-order valence-corrected chi connectivity index (χ4v) is 6.08. The van der Waals surface area contributed by atoms with E-state index >= 15 is 0 Å². The smallest absolute Gasteiger partial charge is 0.344 e. The molecule has 0 unspecified atom stereocenters. The number of carbonyl (C=O) groups excluding carboxylic acids is 1. The van der Waals surface area contributed by atoms with E-state index in [9.17, 15) is 24.6 Å². The van der Waals surface area contributed by atoms with Gasteiger partial charge in [-0.2, -0.15) is 0 Å². The van der Waals surface area contributed by atoms with Gasteiger partial charge in [0.2, 0.25) is 0 Å². The van der Waals surface area contributed by atoms with Gasteiger partial charge in [-0.3, -0.25) is 0 Å². The molecule has 45 heavy (non-hydrogen) atoms. The van der Waals surface area contributed by atoms with Crippen LogP contribution < -0.4 is 4.74 Å². The van der Waals surface area contributed by atoms with E-state index in [1.54, 1.807) is 0 Å². The first kappa shape index (κ1) is 38.0. The van der Waals surface area contributed by atoms with Gasteiger partial charge in [0, 0.05) is 0 Å². The van der Waals surface area contributed by atoms with E-state index in [0.29, 0.717) is 5.75 Å². The number of unbranched alkanes of at least 4 members (excludes halogenated alkanes) is 15. The Morgan fingerprint density at radius 1 is 0.533 bits per heavy atom. The maximum absolute atomic E-state index is 13.5. The molecule has 0 aliphatic heterocycles. The van der Waals surface area contributed by atoms with Crippen molar-refractivity contribution in [2.75, 3.05) is 0 Å². The van der Waals surface area contributed by atoms with Crippen molar-refractivity contribution < 1.29 is 29.3 Å². The van der Waals surface area contributed by atoms with Crippen molar-refractivity contribution in [1.29, 1.82) is 0 Å².